The Morgan fingerprint density at radius 3 is 1.89 bits per heavy atom. The molecule has 0 radical (unpaired) electrons. The first-order valence-electron chi connectivity index (χ1n) is 9.38. The van der Waals surface area contributed by atoms with Crippen LogP contribution in [0.25, 0.3) is 0 Å². The summed E-state index contributed by atoms with van der Waals surface area (Å²) in [5.41, 5.74) is 2.54. The summed E-state index contributed by atoms with van der Waals surface area (Å²) < 4.78 is 0. The molecule has 142 valence electrons. The second kappa shape index (κ2) is 9.51. The molecular formula is C24H24N2O2. The summed E-state index contributed by atoms with van der Waals surface area (Å²) in [4.78, 5) is 25.6. The summed E-state index contributed by atoms with van der Waals surface area (Å²) in [5.74, 6) is -0.464. The van der Waals surface area contributed by atoms with Crippen molar-refractivity contribution in [2.24, 2.45) is 0 Å². The lowest BCUT2D eigenvalue weighted by Crippen LogP contribution is -2.48. The zero-order valence-electron chi connectivity index (χ0n) is 15.8. The fraction of sp³-hybridized carbons (Fsp3) is 0.167. The Morgan fingerprint density at radius 1 is 0.750 bits per heavy atom. The second-order valence-corrected chi connectivity index (χ2v) is 6.72. The van der Waals surface area contributed by atoms with Gasteiger partial charge in [-0.15, -0.1) is 0 Å². The fourth-order valence-electron chi connectivity index (χ4n) is 3.03. The normalized spacial score (nSPS) is 12.6. The Balaban J connectivity index is 1.75. The minimum absolute atomic E-state index is 0.152. The molecule has 0 unspecified atom stereocenters. The van der Waals surface area contributed by atoms with Crippen molar-refractivity contribution in [1.29, 1.82) is 0 Å². The molecule has 3 aromatic carbocycles. The van der Waals surface area contributed by atoms with Gasteiger partial charge in [0, 0.05) is 12.0 Å². The summed E-state index contributed by atoms with van der Waals surface area (Å²) in [7, 11) is 0. The van der Waals surface area contributed by atoms with E-state index in [1.165, 1.54) is 0 Å². The lowest BCUT2D eigenvalue weighted by atomic mass is 10.0. The zero-order chi connectivity index (χ0) is 19.8. The van der Waals surface area contributed by atoms with Crippen LogP contribution in [-0.4, -0.2) is 17.9 Å². The molecule has 0 aromatic heterocycles. The van der Waals surface area contributed by atoms with Crippen LogP contribution in [0.3, 0.4) is 0 Å². The molecular weight excluding hydrogens is 348 g/mol. The fourth-order valence-corrected chi connectivity index (χ4v) is 3.03. The third-order valence-electron chi connectivity index (χ3n) is 4.60. The van der Waals surface area contributed by atoms with Gasteiger partial charge >= 0.3 is 0 Å². The summed E-state index contributed by atoms with van der Waals surface area (Å²) in [6.45, 7) is 1.94. The molecule has 0 aliphatic rings. The van der Waals surface area contributed by atoms with E-state index in [4.69, 9.17) is 0 Å². The summed E-state index contributed by atoms with van der Waals surface area (Å²) >= 11 is 0. The molecule has 4 nitrogen and oxygen atoms in total. The van der Waals surface area contributed by atoms with Gasteiger partial charge in [-0.25, -0.2) is 0 Å². The van der Waals surface area contributed by atoms with Crippen LogP contribution in [0, 0.1) is 0 Å². The lowest BCUT2D eigenvalue weighted by Gasteiger charge is -2.22. The van der Waals surface area contributed by atoms with Gasteiger partial charge in [-0.1, -0.05) is 78.9 Å². The molecule has 0 spiro atoms. The van der Waals surface area contributed by atoms with Crippen LogP contribution in [-0.2, 0) is 11.2 Å². The molecule has 28 heavy (non-hydrogen) atoms. The first-order valence-corrected chi connectivity index (χ1v) is 9.38. The molecule has 0 heterocycles. The maximum Gasteiger partial charge on any atom is 0.251 e. The molecule has 2 N–H and O–H groups in total. The van der Waals surface area contributed by atoms with E-state index in [0.29, 0.717) is 12.0 Å². The van der Waals surface area contributed by atoms with Gasteiger partial charge in [-0.2, -0.15) is 0 Å². The third-order valence-corrected chi connectivity index (χ3v) is 4.60. The number of rotatable bonds is 7. The molecule has 0 fully saturated rings. The number of amides is 2. The van der Waals surface area contributed by atoms with Crippen molar-refractivity contribution in [3.05, 3.63) is 108 Å². The highest BCUT2D eigenvalue weighted by atomic mass is 16.2. The van der Waals surface area contributed by atoms with Gasteiger partial charge in [0.2, 0.25) is 5.91 Å². The Morgan fingerprint density at radius 2 is 1.29 bits per heavy atom. The highest BCUT2D eigenvalue weighted by Gasteiger charge is 2.23. The number of hydrogen-bond acceptors (Lipinski definition) is 2. The summed E-state index contributed by atoms with van der Waals surface area (Å²) in [6.07, 6.45) is 0.423. The van der Waals surface area contributed by atoms with E-state index in [1.54, 1.807) is 24.3 Å². The first kappa shape index (κ1) is 19.4. The van der Waals surface area contributed by atoms with Gasteiger partial charge in [-0.3, -0.25) is 9.59 Å². The SMILES string of the molecule is C[C@@H](NC(=O)[C@H](Cc1ccccc1)NC(=O)c1ccccc1)c1ccccc1. The van der Waals surface area contributed by atoms with Crippen molar-refractivity contribution in [3.63, 3.8) is 0 Å². The van der Waals surface area contributed by atoms with E-state index in [-0.39, 0.29) is 17.9 Å². The van der Waals surface area contributed by atoms with Crippen molar-refractivity contribution in [2.75, 3.05) is 0 Å². The average Bonchev–Trinajstić information content (AvgIpc) is 2.75. The van der Waals surface area contributed by atoms with Gasteiger partial charge in [0.15, 0.2) is 0 Å². The van der Waals surface area contributed by atoms with Crippen LogP contribution in [0.1, 0.15) is 34.5 Å². The van der Waals surface area contributed by atoms with Crippen molar-refractivity contribution < 1.29 is 9.59 Å². The van der Waals surface area contributed by atoms with Crippen LogP contribution in [0.2, 0.25) is 0 Å². The van der Waals surface area contributed by atoms with Gasteiger partial charge in [0.25, 0.3) is 5.91 Å². The lowest BCUT2D eigenvalue weighted by molar-refractivity contribution is -0.123. The molecule has 0 aliphatic carbocycles. The predicted molar refractivity (Wildman–Crippen MR) is 111 cm³/mol. The maximum atomic E-state index is 13.0. The van der Waals surface area contributed by atoms with E-state index >= 15 is 0 Å². The van der Waals surface area contributed by atoms with Gasteiger partial charge < -0.3 is 10.6 Å². The summed E-state index contributed by atoms with van der Waals surface area (Å²) in [5, 5.41) is 5.91. The number of hydrogen-bond donors (Lipinski definition) is 2. The third kappa shape index (κ3) is 5.30. The van der Waals surface area contributed by atoms with Crippen LogP contribution >= 0.6 is 0 Å². The van der Waals surface area contributed by atoms with E-state index in [9.17, 15) is 9.59 Å². The van der Waals surface area contributed by atoms with Crippen molar-refractivity contribution in [2.45, 2.75) is 25.4 Å². The highest BCUT2D eigenvalue weighted by Crippen LogP contribution is 2.12. The first-order chi connectivity index (χ1) is 13.6. The van der Waals surface area contributed by atoms with Gasteiger partial charge in [0.1, 0.15) is 6.04 Å². The predicted octanol–water partition coefficient (Wildman–Crippen LogP) is 3.91. The molecule has 3 aromatic rings. The Hall–Kier alpha value is -3.40. The Labute approximate surface area is 165 Å². The molecule has 4 heteroatoms. The average molecular weight is 372 g/mol. The quantitative estimate of drug-likeness (QED) is 0.661. The smallest absolute Gasteiger partial charge is 0.251 e. The van der Waals surface area contributed by atoms with Crippen molar-refractivity contribution >= 4 is 11.8 Å². The van der Waals surface area contributed by atoms with E-state index in [1.807, 2.05) is 73.7 Å². The molecule has 0 saturated carbocycles. The van der Waals surface area contributed by atoms with Crippen LogP contribution < -0.4 is 10.6 Å². The van der Waals surface area contributed by atoms with Crippen molar-refractivity contribution in [1.82, 2.24) is 10.6 Å². The standard InChI is InChI=1S/C24H24N2O2/c1-18(20-13-7-3-8-14-20)25-24(28)22(17-19-11-5-2-6-12-19)26-23(27)21-15-9-4-10-16-21/h2-16,18,22H,17H2,1H3,(H,25,28)(H,26,27)/t18-,22+/m1/s1. The Kier molecular flexibility index (Phi) is 6.58. The molecule has 2 atom stereocenters. The zero-order valence-corrected chi connectivity index (χ0v) is 15.8. The minimum Gasteiger partial charge on any atom is -0.348 e. The topological polar surface area (TPSA) is 58.2 Å². The molecule has 0 saturated heterocycles. The molecule has 0 aliphatic heterocycles. The van der Waals surface area contributed by atoms with Crippen LogP contribution in [0.15, 0.2) is 91.0 Å². The van der Waals surface area contributed by atoms with E-state index < -0.39 is 6.04 Å². The van der Waals surface area contributed by atoms with Crippen LogP contribution in [0.4, 0.5) is 0 Å². The number of carbonyl (C=O) groups excluding carboxylic acids is 2. The van der Waals surface area contributed by atoms with E-state index in [0.717, 1.165) is 11.1 Å². The second-order valence-electron chi connectivity index (χ2n) is 6.72. The summed E-state index contributed by atoms with van der Waals surface area (Å²) in [6, 6.07) is 27.6. The highest BCUT2D eigenvalue weighted by molar-refractivity contribution is 5.97. The minimum atomic E-state index is -0.665. The number of carbonyl (C=O) groups is 2. The molecule has 2 amide bonds. The van der Waals surface area contributed by atoms with Crippen LogP contribution in [0.5, 0.6) is 0 Å². The Bertz CT molecular complexity index is 896. The molecule has 0 bridgehead atoms. The monoisotopic (exact) mass is 372 g/mol. The van der Waals surface area contributed by atoms with Gasteiger partial charge in [-0.05, 0) is 30.2 Å². The van der Waals surface area contributed by atoms with Crippen molar-refractivity contribution in [3.8, 4) is 0 Å². The molecule has 3 rings (SSSR count). The van der Waals surface area contributed by atoms with Gasteiger partial charge in [0.05, 0.1) is 6.04 Å². The maximum absolute atomic E-state index is 13.0. The largest absolute Gasteiger partial charge is 0.348 e. The number of benzene rings is 3. The number of nitrogens with one attached hydrogen (secondary N) is 2. The van der Waals surface area contributed by atoms with E-state index in [2.05, 4.69) is 10.6 Å².